The topological polar surface area (TPSA) is 92.4 Å². The lowest BCUT2D eigenvalue weighted by atomic mass is 9.66. The molecule has 2 saturated carbocycles. The van der Waals surface area contributed by atoms with Crippen LogP contribution < -0.4 is 5.32 Å². The van der Waals surface area contributed by atoms with Crippen LogP contribution in [0, 0.1) is 17.2 Å². The summed E-state index contributed by atoms with van der Waals surface area (Å²) in [6.07, 6.45) is 5.58. The van der Waals surface area contributed by atoms with Gasteiger partial charge in [0, 0.05) is 35.3 Å². The Morgan fingerprint density at radius 1 is 1.26 bits per heavy atom. The van der Waals surface area contributed by atoms with Crippen molar-refractivity contribution in [1.82, 2.24) is 5.16 Å². The maximum absolute atomic E-state index is 14.2. The minimum absolute atomic E-state index is 0.0129. The lowest BCUT2D eigenvalue weighted by Gasteiger charge is -2.38. The highest BCUT2D eigenvalue weighted by Crippen LogP contribution is 2.53. The van der Waals surface area contributed by atoms with E-state index in [1.54, 1.807) is 0 Å². The average molecular weight is 505 g/mol. The molecule has 35 heavy (non-hydrogen) atoms. The second-order valence-corrected chi connectivity index (χ2v) is 11.9. The Kier molecular flexibility index (Phi) is 7.55. The van der Waals surface area contributed by atoms with Gasteiger partial charge in [0.15, 0.2) is 0 Å². The van der Waals surface area contributed by atoms with Crippen LogP contribution in [0.2, 0.25) is 5.02 Å². The van der Waals surface area contributed by atoms with Gasteiger partial charge in [-0.3, -0.25) is 9.59 Å². The third kappa shape index (κ3) is 6.63. The zero-order chi connectivity index (χ0) is 25.3. The zero-order valence-electron chi connectivity index (χ0n) is 20.6. The molecular weight excluding hydrogens is 471 g/mol. The summed E-state index contributed by atoms with van der Waals surface area (Å²) < 4.78 is 20.0. The number of aliphatic carboxylic acids is 1. The smallest absolute Gasteiger partial charge is 0.303 e. The Labute approximate surface area is 210 Å². The molecule has 1 aromatic heterocycles. The zero-order valence-corrected chi connectivity index (χ0v) is 21.3. The molecule has 1 amide bonds. The van der Waals surface area contributed by atoms with Gasteiger partial charge in [-0.2, -0.15) is 0 Å². The van der Waals surface area contributed by atoms with Gasteiger partial charge in [0.05, 0.1) is 11.4 Å². The van der Waals surface area contributed by atoms with Gasteiger partial charge >= 0.3 is 5.97 Å². The molecule has 6 nitrogen and oxygen atoms in total. The van der Waals surface area contributed by atoms with Crippen molar-refractivity contribution in [2.24, 2.45) is 11.3 Å². The number of halogens is 2. The number of hydrogen-bond acceptors (Lipinski definition) is 4. The van der Waals surface area contributed by atoms with Gasteiger partial charge in [-0.15, -0.1) is 0 Å². The van der Waals surface area contributed by atoms with Crippen molar-refractivity contribution >= 4 is 29.2 Å². The fourth-order valence-electron chi connectivity index (χ4n) is 5.33. The maximum atomic E-state index is 14.2. The Balaban J connectivity index is 1.51. The maximum Gasteiger partial charge on any atom is 0.303 e. The van der Waals surface area contributed by atoms with E-state index in [1.165, 1.54) is 18.6 Å². The van der Waals surface area contributed by atoms with Crippen LogP contribution in [0.5, 0.6) is 0 Å². The summed E-state index contributed by atoms with van der Waals surface area (Å²) >= 11 is 5.80. The summed E-state index contributed by atoms with van der Waals surface area (Å²) in [6.45, 7) is 6.79. The second kappa shape index (κ2) is 10.3. The number of aromatic nitrogens is 1. The summed E-state index contributed by atoms with van der Waals surface area (Å²) in [5.74, 6) is -0.382. The van der Waals surface area contributed by atoms with Crippen LogP contribution >= 0.6 is 11.6 Å². The Hall–Kier alpha value is -2.41. The summed E-state index contributed by atoms with van der Waals surface area (Å²) in [5.41, 5.74) is 2.42. The van der Waals surface area contributed by atoms with Crippen LogP contribution in [-0.4, -0.2) is 22.1 Å². The second-order valence-electron chi connectivity index (χ2n) is 11.4. The molecule has 8 heteroatoms. The minimum Gasteiger partial charge on any atom is -0.481 e. The molecule has 1 heterocycles. The number of benzene rings is 1. The van der Waals surface area contributed by atoms with E-state index in [4.69, 9.17) is 16.1 Å². The lowest BCUT2D eigenvalue weighted by molar-refractivity contribution is -0.137. The van der Waals surface area contributed by atoms with Crippen molar-refractivity contribution < 1.29 is 23.6 Å². The molecular formula is C27H34ClFN2O4. The van der Waals surface area contributed by atoms with E-state index in [1.807, 2.05) is 0 Å². The van der Waals surface area contributed by atoms with Crippen LogP contribution in [0.25, 0.3) is 0 Å². The molecule has 0 aliphatic heterocycles. The van der Waals surface area contributed by atoms with E-state index >= 15 is 0 Å². The molecule has 2 fully saturated rings. The van der Waals surface area contributed by atoms with Gasteiger partial charge in [-0.1, -0.05) is 37.5 Å². The van der Waals surface area contributed by atoms with E-state index in [2.05, 4.69) is 31.2 Å². The van der Waals surface area contributed by atoms with Crippen molar-refractivity contribution in [2.45, 2.75) is 89.9 Å². The number of carbonyl (C=O) groups excluding carboxylic acids is 1. The van der Waals surface area contributed by atoms with E-state index in [0.29, 0.717) is 28.9 Å². The molecule has 2 aromatic rings. The normalized spacial score (nSPS) is 20.8. The highest BCUT2D eigenvalue weighted by Gasteiger charge is 2.42. The molecule has 0 bridgehead atoms. The lowest BCUT2D eigenvalue weighted by Crippen LogP contribution is -2.27. The molecule has 1 atom stereocenters. The number of nitrogens with zero attached hydrogens (tertiary/aromatic N) is 1. The number of amides is 1. The molecule has 0 unspecified atom stereocenters. The Morgan fingerprint density at radius 3 is 2.57 bits per heavy atom. The van der Waals surface area contributed by atoms with Crippen LogP contribution in [0.1, 0.15) is 107 Å². The van der Waals surface area contributed by atoms with Crippen molar-refractivity contribution in [3.63, 3.8) is 0 Å². The first-order valence-corrected chi connectivity index (χ1v) is 12.8. The van der Waals surface area contributed by atoms with Crippen molar-refractivity contribution in [1.29, 1.82) is 0 Å². The SMILES string of the molecule is CC(C)(C)C[C@H]1C[C@@H](c2noc([C@@H](CCC(=O)O)CC(=O)Nc3ccc(Cl)cc3F)c2C2CC2)C1. The first-order valence-electron chi connectivity index (χ1n) is 12.5. The van der Waals surface area contributed by atoms with E-state index in [-0.39, 0.29) is 30.0 Å². The molecule has 1 aromatic carbocycles. The van der Waals surface area contributed by atoms with Gasteiger partial charge in [0.1, 0.15) is 11.6 Å². The summed E-state index contributed by atoms with van der Waals surface area (Å²) in [4.78, 5) is 24.2. The van der Waals surface area contributed by atoms with Crippen molar-refractivity contribution in [2.75, 3.05) is 5.32 Å². The molecule has 2 aliphatic carbocycles. The molecule has 0 spiro atoms. The van der Waals surface area contributed by atoms with Gasteiger partial charge in [-0.25, -0.2) is 4.39 Å². The number of carboxylic acid groups (broad SMARTS) is 1. The highest BCUT2D eigenvalue weighted by atomic mass is 35.5. The first-order chi connectivity index (χ1) is 16.5. The van der Waals surface area contributed by atoms with E-state index in [9.17, 15) is 19.1 Å². The van der Waals surface area contributed by atoms with Crippen LogP contribution in [-0.2, 0) is 9.59 Å². The monoisotopic (exact) mass is 504 g/mol. The Bertz CT molecular complexity index is 1080. The van der Waals surface area contributed by atoms with Gasteiger partial charge < -0.3 is 14.9 Å². The summed E-state index contributed by atoms with van der Waals surface area (Å²) in [6, 6.07) is 4.05. The highest BCUT2D eigenvalue weighted by molar-refractivity contribution is 6.30. The van der Waals surface area contributed by atoms with Crippen LogP contribution in [0.4, 0.5) is 10.1 Å². The van der Waals surface area contributed by atoms with Gasteiger partial charge in [0.25, 0.3) is 0 Å². The molecule has 0 radical (unpaired) electrons. The standard InChI is InChI=1S/C27H34ClFN2O4/c1-27(2,3)14-15-10-18(11-15)25-24(16-4-5-16)26(35-31-25)17(6-9-23(33)34)12-22(32)30-21-8-7-19(28)13-20(21)29/h7-8,13,15-18H,4-6,9-12,14H2,1-3H3,(H,30,32)(H,33,34)/t15-,17-,18+/m0/s1. The quantitative estimate of drug-likeness (QED) is 0.355. The van der Waals surface area contributed by atoms with Crippen molar-refractivity contribution in [3.8, 4) is 0 Å². The third-order valence-corrected chi connectivity index (χ3v) is 7.24. The van der Waals surface area contributed by atoms with Gasteiger partial charge in [0.2, 0.25) is 5.91 Å². The molecule has 4 rings (SSSR count). The van der Waals surface area contributed by atoms with Crippen LogP contribution in [0.15, 0.2) is 22.7 Å². The number of carbonyl (C=O) groups is 2. The number of hydrogen-bond donors (Lipinski definition) is 2. The van der Waals surface area contributed by atoms with E-state index < -0.39 is 23.6 Å². The first kappa shape index (κ1) is 25.7. The molecule has 0 saturated heterocycles. The predicted octanol–water partition coefficient (Wildman–Crippen LogP) is 7.25. The Morgan fingerprint density at radius 2 is 1.97 bits per heavy atom. The minimum atomic E-state index is -0.934. The van der Waals surface area contributed by atoms with Gasteiger partial charge in [-0.05, 0) is 74.0 Å². The van der Waals surface area contributed by atoms with Crippen molar-refractivity contribution in [3.05, 3.63) is 46.1 Å². The largest absolute Gasteiger partial charge is 0.481 e. The number of carboxylic acids is 1. The fourth-order valence-corrected chi connectivity index (χ4v) is 5.48. The number of rotatable bonds is 10. The average Bonchev–Trinajstić information content (AvgIpc) is 3.47. The molecule has 190 valence electrons. The fraction of sp³-hybridized carbons (Fsp3) is 0.593. The number of anilines is 1. The predicted molar refractivity (Wildman–Crippen MR) is 132 cm³/mol. The van der Waals surface area contributed by atoms with E-state index in [0.717, 1.165) is 43.0 Å². The molecule has 2 aliphatic rings. The number of nitrogens with one attached hydrogen (secondary N) is 1. The molecule has 2 N–H and O–H groups in total. The van der Waals surface area contributed by atoms with Crippen LogP contribution in [0.3, 0.4) is 0 Å². The third-order valence-electron chi connectivity index (χ3n) is 7.01. The summed E-state index contributed by atoms with van der Waals surface area (Å²) in [7, 11) is 0. The summed E-state index contributed by atoms with van der Waals surface area (Å²) in [5, 5.41) is 16.6.